The standard InChI is InChI=1S/C18H11NO4/c20-14-4-3-10-11-2-1-9-5-15-16(23-8-22-15)6-12(9)17(11)19-7-13(10)18(14)21/h1-7,20-21H,8H2. The summed E-state index contributed by atoms with van der Waals surface area (Å²) in [4.78, 5) is 4.50. The normalized spacial score (nSPS) is 13.2. The molecule has 5 nitrogen and oxygen atoms in total. The van der Waals surface area contributed by atoms with Gasteiger partial charge in [-0.3, -0.25) is 4.98 Å². The van der Waals surface area contributed by atoms with Crippen LogP contribution in [-0.2, 0) is 0 Å². The van der Waals surface area contributed by atoms with E-state index >= 15 is 0 Å². The number of benzene rings is 3. The minimum Gasteiger partial charge on any atom is -0.504 e. The molecule has 2 N–H and O–H groups in total. The molecule has 0 atom stereocenters. The average molecular weight is 305 g/mol. The summed E-state index contributed by atoms with van der Waals surface area (Å²) in [5.41, 5.74) is 0.818. The predicted molar refractivity (Wildman–Crippen MR) is 86.2 cm³/mol. The van der Waals surface area contributed by atoms with Gasteiger partial charge in [-0.15, -0.1) is 0 Å². The summed E-state index contributed by atoms with van der Waals surface area (Å²) in [7, 11) is 0. The Morgan fingerprint density at radius 1 is 0.826 bits per heavy atom. The molecule has 4 aromatic rings. The first-order chi connectivity index (χ1) is 11.2. The Hall–Kier alpha value is -3.21. The smallest absolute Gasteiger partial charge is 0.231 e. The Kier molecular flexibility index (Phi) is 2.24. The number of phenols is 2. The third-order valence-electron chi connectivity index (χ3n) is 4.29. The number of aromatic nitrogens is 1. The summed E-state index contributed by atoms with van der Waals surface area (Å²) in [6.45, 7) is 0.229. The molecule has 1 aromatic heterocycles. The largest absolute Gasteiger partial charge is 0.504 e. The van der Waals surface area contributed by atoms with E-state index in [0.717, 1.165) is 32.8 Å². The summed E-state index contributed by atoms with van der Waals surface area (Å²) in [6, 6.07) is 11.1. The average Bonchev–Trinajstić information content (AvgIpc) is 3.03. The topological polar surface area (TPSA) is 71.8 Å². The molecular weight excluding hydrogens is 294 g/mol. The van der Waals surface area contributed by atoms with E-state index < -0.39 is 0 Å². The number of hydrogen-bond donors (Lipinski definition) is 2. The quantitative estimate of drug-likeness (QED) is 0.383. The summed E-state index contributed by atoms with van der Waals surface area (Å²) in [5.74, 6) is 1.14. The molecule has 5 rings (SSSR count). The predicted octanol–water partition coefficient (Wildman–Crippen LogP) is 3.68. The number of phenolic OH excluding ortho intramolecular Hbond substituents is 2. The van der Waals surface area contributed by atoms with Gasteiger partial charge in [-0.2, -0.15) is 0 Å². The first kappa shape index (κ1) is 12.3. The molecule has 0 radical (unpaired) electrons. The summed E-state index contributed by atoms with van der Waals surface area (Å²) in [6.07, 6.45) is 1.58. The van der Waals surface area contributed by atoms with E-state index in [1.165, 1.54) is 6.07 Å². The van der Waals surface area contributed by atoms with Gasteiger partial charge in [0.05, 0.1) is 5.52 Å². The summed E-state index contributed by atoms with van der Waals surface area (Å²) in [5, 5.41) is 23.9. The van der Waals surface area contributed by atoms with Crippen LogP contribution in [0.4, 0.5) is 0 Å². The number of rotatable bonds is 0. The van der Waals surface area contributed by atoms with Crippen LogP contribution in [0.1, 0.15) is 0 Å². The first-order valence-electron chi connectivity index (χ1n) is 7.18. The third kappa shape index (κ3) is 1.59. The van der Waals surface area contributed by atoms with Gasteiger partial charge >= 0.3 is 0 Å². The molecule has 0 spiro atoms. The molecule has 0 unspecified atom stereocenters. The molecule has 0 saturated heterocycles. The van der Waals surface area contributed by atoms with E-state index in [4.69, 9.17) is 9.47 Å². The van der Waals surface area contributed by atoms with Gasteiger partial charge < -0.3 is 19.7 Å². The lowest BCUT2D eigenvalue weighted by Crippen LogP contribution is -1.92. The fourth-order valence-corrected chi connectivity index (χ4v) is 3.15. The van der Waals surface area contributed by atoms with Gasteiger partial charge in [-0.1, -0.05) is 12.1 Å². The van der Waals surface area contributed by atoms with Crippen LogP contribution in [0.3, 0.4) is 0 Å². The van der Waals surface area contributed by atoms with Crippen molar-refractivity contribution in [2.45, 2.75) is 0 Å². The molecule has 3 aromatic carbocycles. The van der Waals surface area contributed by atoms with Crippen molar-refractivity contribution in [2.75, 3.05) is 6.79 Å². The van der Waals surface area contributed by atoms with Crippen molar-refractivity contribution in [1.29, 1.82) is 0 Å². The minimum atomic E-state index is -0.150. The maximum atomic E-state index is 10.0. The minimum absolute atomic E-state index is 0.150. The number of pyridine rings is 1. The second kappa shape index (κ2) is 4.16. The van der Waals surface area contributed by atoms with Crippen LogP contribution < -0.4 is 9.47 Å². The van der Waals surface area contributed by atoms with Gasteiger partial charge in [0.2, 0.25) is 6.79 Å². The van der Waals surface area contributed by atoms with Crippen molar-refractivity contribution in [2.24, 2.45) is 0 Å². The summed E-state index contributed by atoms with van der Waals surface area (Å²) < 4.78 is 10.9. The van der Waals surface area contributed by atoms with E-state index in [1.807, 2.05) is 24.3 Å². The van der Waals surface area contributed by atoms with Crippen LogP contribution in [0.2, 0.25) is 0 Å². The van der Waals surface area contributed by atoms with Crippen LogP contribution >= 0.6 is 0 Å². The molecule has 1 aliphatic heterocycles. The zero-order valence-electron chi connectivity index (χ0n) is 11.9. The molecular formula is C18H11NO4. The van der Waals surface area contributed by atoms with Gasteiger partial charge in [0, 0.05) is 22.4 Å². The number of fused-ring (bicyclic) bond motifs is 6. The molecule has 0 amide bonds. The van der Waals surface area contributed by atoms with Crippen LogP contribution in [0, 0.1) is 0 Å². The van der Waals surface area contributed by atoms with Crippen molar-refractivity contribution in [3.8, 4) is 23.0 Å². The lowest BCUT2D eigenvalue weighted by Gasteiger charge is -2.09. The molecule has 2 heterocycles. The van der Waals surface area contributed by atoms with E-state index in [2.05, 4.69) is 4.98 Å². The van der Waals surface area contributed by atoms with E-state index in [9.17, 15) is 10.2 Å². The second-order valence-corrected chi connectivity index (χ2v) is 5.54. The fraction of sp³-hybridized carbons (Fsp3) is 0.0556. The lowest BCUT2D eigenvalue weighted by molar-refractivity contribution is 0.174. The Morgan fingerprint density at radius 2 is 1.61 bits per heavy atom. The Morgan fingerprint density at radius 3 is 2.48 bits per heavy atom. The monoisotopic (exact) mass is 305 g/mol. The zero-order chi connectivity index (χ0) is 15.6. The zero-order valence-corrected chi connectivity index (χ0v) is 11.9. The number of hydrogen-bond acceptors (Lipinski definition) is 5. The number of aromatic hydroxyl groups is 2. The molecule has 1 aliphatic rings. The molecule has 23 heavy (non-hydrogen) atoms. The summed E-state index contributed by atoms with van der Waals surface area (Å²) >= 11 is 0. The molecule has 0 saturated carbocycles. The van der Waals surface area contributed by atoms with Gasteiger partial charge in [0.15, 0.2) is 23.0 Å². The third-order valence-corrected chi connectivity index (χ3v) is 4.29. The van der Waals surface area contributed by atoms with Crippen molar-refractivity contribution >= 4 is 32.4 Å². The fourth-order valence-electron chi connectivity index (χ4n) is 3.15. The van der Waals surface area contributed by atoms with Crippen molar-refractivity contribution in [1.82, 2.24) is 4.98 Å². The highest BCUT2D eigenvalue weighted by atomic mass is 16.7. The molecule has 0 aliphatic carbocycles. The molecule has 5 heteroatoms. The molecule has 112 valence electrons. The number of ether oxygens (including phenoxy) is 2. The van der Waals surface area contributed by atoms with Crippen molar-refractivity contribution in [3.63, 3.8) is 0 Å². The maximum absolute atomic E-state index is 10.0. The van der Waals surface area contributed by atoms with E-state index in [0.29, 0.717) is 11.1 Å². The molecule has 0 fully saturated rings. The van der Waals surface area contributed by atoms with E-state index in [1.54, 1.807) is 12.3 Å². The highest BCUT2D eigenvalue weighted by Crippen LogP contribution is 2.41. The van der Waals surface area contributed by atoms with Gasteiger partial charge in [-0.25, -0.2) is 0 Å². The highest BCUT2D eigenvalue weighted by molar-refractivity contribution is 6.16. The van der Waals surface area contributed by atoms with Crippen LogP contribution in [0.5, 0.6) is 23.0 Å². The van der Waals surface area contributed by atoms with Crippen molar-refractivity contribution in [3.05, 3.63) is 42.6 Å². The first-order valence-corrected chi connectivity index (χ1v) is 7.18. The SMILES string of the molecule is Oc1ccc2c(cnc3c4cc5c(cc4ccc23)OCO5)c1O. The number of nitrogens with zero attached hydrogens (tertiary/aromatic N) is 1. The van der Waals surface area contributed by atoms with Gasteiger partial charge in [0.1, 0.15) is 0 Å². The second-order valence-electron chi connectivity index (χ2n) is 5.54. The lowest BCUT2D eigenvalue weighted by atomic mass is 10.0. The highest BCUT2D eigenvalue weighted by Gasteiger charge is 2.17. The van der Waals surface area contributed by atoms with Crippen LogP contribution in [0.25, 0.3) is 32.4 Å². The molecule has 0 bridgehead atoms. The van der Waals surface area contributed by atoms with Crippen molar-refractivity contribution < 1.29 is 19.7 Å². The Bertz CT molecular complexity index is 1120. The van der Waals surface area contributed by atoms with Gasteiger partial charge in [-0.05, 0) is 35.0 Å². The Balaban J connectivity index is 1.95. The van der Waals surface area contributed by atoms with E-state index in [-0.39, 0.29) is 18.3 Å². The maximum Gasteiger partial charge on any atom is 0.231 e. The van der Waals surface area contributed by atoms with Gasteiger partial charge in [0.25, 0.3) is 0 Å². The Labute approximate surface area is 130 Å². The van der Waals surface area contributed by atoms with Crippen LogP contribution in [0.15, 0.2) is 42.6 Å². The van der Waals surface area contributed by atoms with Crippen LogP contribution in [-0.4, -0.2) is 22.0 Å².